The normalized spacial score (nSPS) is 12.0. The van der Waals surface area contributed by atoms with Gasteiger partial charge in [-0.05, 0) is 245 Å². The number of benzene rings is 22. The van der Waals surface area contributed by atoms with Gasteiger partial charge < -0.3 is 27.4 Å². The molecule has 0 aliphatic rings. The summed E-state index contributed by atoms with van der Waals surface area (Å²) in [5.74, 6) is 0. The Morgan fingerprint density at radius 1 is 0.113 bits per heavy atom. The Labute approximate surface area is 822 Å². The first kappa shape index (κ1) is 80.6. The van der Waals surface area contributed by atoms with Crippen LogP contribution in [0.15, 0.2) is 497 Å². The van der Waals surface area contributed by atoms with Crippen LogP contribution in [0.5, 0.6) is 0 Å². The van der Waals surface area contributed by atoms with E-state index in [0.29, 0.717) is 0 Å². The van der Waals surface area contributed by atoms with Crippen LogP contribution in [-0.2, 0) is 0 Å². The Bertz CT molecular complexity index is 10500. The first-order chi connectivity index (χ1) is 69.9. The van der Waals surface area contributed by atoms with Gasteiger partial charge in [0.15, 0.2) is 0 Å². The van der Waals surface area contributed by atoms with Crippen molar-refractivity contribution < 1.29 is 0 Å². The Hall–Kier alpha value is -17.7. The molecule has 0 atom stereocenters. The molecular formula is C132H82N6S3. The Kier molecular flexibility index (Phi) is 18.6. The Morgan fingerprint density at radius 2 is 0.348 bits per heavy atom. The molecule has 9 aromatic heterocycles. The summed E-state index contributed by atoms with van der Waals surface area (Å²) < 4.78 is 22.4. The minimum atomic E-state index is 1.18. The molecule has 0 spiro atoms. The van der Waals surface area contributed by atoms with Crippen molar-refractivity contribution in [3.8, 4) is 78.6 Å². The second-order valence-corrected chi connectivity index (χ2v) is 40.1. The van der Waals surface area contributed by atoms with Gasteiger partial charge in [0.1, 0.15) is 0 Å². The Balaban J connectivity index is 0.000000102. The van der Waals surface area contributed by atoms with Crippen LogP contribution in [0.2, 0.25) is 0 Å². The van der Waals surface area contributed by atoms with Crippen molar-refractivity contribution in [2.75, 3.05) is 0 Å². The highest BCUT2D eigenvalue weighted by Gasteiger charge is 2.25. The van der Waals surface area contributed by atoms with Gasteiger partial charge in [0.25, 0.3) is 0 Å². The van der Waals surface area contributed by atoms with E-state index < -0.39 is 0 Å². The molecule has 0 radical (unpaired) electrons. The molecule has 6 nitrogen and oxygen atoms in total. The Morgan fingerprint density at radius 3 is 0.702 bits per heavy atom. The number of para-hydroxylation sites is 9. The number of hydrogen-bond donors (Lipinski definition) is 0. The summed E-state index contributed by atoms with van der Waals surface area (Å²) in [6.07, 6.45) is 0. The molecule has 0 aliphatic heterocycles. The van der Waals surface area contributed by atoms with Crippen molar-refractivity contribution in [1.29, 1.82) is 0 Å². The van der Waals surface area contributed by atoms with Gasteiger partial charge in [-0.3, -0.25) is 0 Å². The van der Waals surface area contributed by atoms with E-state index in [9.17, 15) is 0 Å². The molecule has 0 saturated carbocycles. The fourth-order valence-electron chi connectivity index (χ4n) is 22.8. The van der Waals surface area contributed by atoms with E-state index in [4.69, 9.17) is 0 Å². The van der Waals surface area contributed by atoms with Crippen molar-refractivity contribution in [3.05, 3.63) is 497 Å². The summed E-state index contributed by atoms with van der Waals surface area (Å²) in [6.45, 7) is 0. The number of fused-ring (bicyclic) bond motifs is 27. The zero-order valence-electron chi connectivity index (χ0n) is 76.3. The lowest BCUT2D eigenvalue weighted by Gasteiger charge is -2.14. The van der Waals surface area contributed by atoms with Crippen LogP contribution in [0.1, 0.15) is 0 Å². The van der Waals surface area contributed by atoms with Crippen molar-refractivity contribution >= 4 is 225 Å². The lowest BCUT2D eigenvalue weighted by atomic mass is 10.0. The second-order valence-electron chi connectivity index (χ2n) is 36.9. The van der Waals surface area contributed by atoms with Crippen LogP contribution in [-0.4, -0.2) is 27.4 Å². The maximum Gasteiger partial charge on any atom is 0.0541 e. The molecule has 0 fully saturated rings. The third-order valence-electron chi connectivity index (χ3n) is 29.2. The van der Waals surface area contributed by atoms with Crippen LogP contribution < -0.4 is 0 Å². The van der Waals surface area contributed by atoms with E-state index in [0.717, 1.165) is 0 Å². The highest BCUT2D eigenvalue weighted by atomic mass is 32.1. The number of nitrogens with zero attached hydrogens (tertiary/aromatic N) is 6. The van der Waals surface area contributed by atoms with E-state index in [1.54, 1.807) is 0 Å². The average Bonchev–Trinajstić information content (AvgIpc) is 1.56. The summed E-state index contributed by atoms with van der Waals surface area (Å²) in [6, 6.07) is 182. The van der Waals surface area contributed by atoms with Crippen LogP contribution in [0.4, 0.5) is 0 Å². The van der Waals surface area contributed by atoms with E-state index in [-0.39, 0.29) is 0 Å². The van der Waals surface area contributed by atoms with Crippen molar-refractivity contribution in [3.63, 3.8) is 0 Å². The van der Waals surface area contributed by atoms with Gasteiger partial charge in [-0.15, -0.1) is 34.0 Å². The molecule has 0 saturated heterocycles. The number of rotatable bonds is 10. The summed E-state index contributed by atoms with van der Waals surface area (Å²) in [5, 5.41) is 23.1. The zero-order valence-corrected chi connectivity index (χ0v) is 78.7. The predicted molar refractivity (Wildman–Crippen MR) is 606 cm³/mol. The SMILES string of the molecule is c1ccc(-c2ccccc2-n2c3ccccc3c3cc(-c4ccc5c(c4)c4ccccc4n5-c4ccc5sc6ccccc6c5c4)ccc32)cc1.c1ccc(-n2c3ccccc3c3cc(-c4ccc5c(c4)c4ccccc4n5-c4ccc5c(c4)sc4ccccc45)ccc32)cc1.c1ccc(-n2c3ccccc3c3cc(-c4ccc5c(c4)c4ccccc4n5-c4ccc5sc6ccccc6c5c4)ccc32)cc1. The summed E-state index contributed by atoms with van der Waals surface area (Å²) in [5.41, 5.74) is 31.5. The van der Waals surface area contributed by atoms with Gasteiger partial charge >= 0.3 is 0 Å². The predicted octanol–water partition coefficient (Wildman–Crippen LogP) is 37.4. The molecule has 9 heteroatoms. The lowest BCUT2D eigenvalue weighted by molar-refractivity contribution is 1.18. The topological polar surface area (TPSA) is 29.6 Å². The number of hydrogen-bond acceptors (Lipinski definition) is 3. The van der Waals surface area contributed by atoms with Gasteiger partial charge in [0.2, 0.25) is 0 Å². The minimum Gasteiger partial charge on any atom is -0.309 e. The van der Waals surface area contributed by atoms with E-state index >= 15 is 0 Å². The summed E-state index contributed by atoms with van der Waals surface area (Å²) in [4.78, 5) is 0. The van der Waals surface area contributed by atoms with Gasteiger partial charge in [-0.25, -0.2) is 0 Å². The van der Waals surface area contributed by atoms with E-state index in [2.05, 4.69) is 525 Å². The number of aromatic nitrogens is 6. The fraction of sp³-hybridized carbons (Fsp3) is 0. The summed E-state index contributed by atoms with van der Waals surface area (Å²) >= 11 is 5.60. The monoisotopic (exact) mass is 1850 g/mol. The third kappa shape index (κ3) is 13.0. The van der Waals surface area contributed by atoms with E-state index in [1.165, 1.54) is 270 Å². The minimum absolute atomic E-state index is 1.18. The van der Waals surface area contributed by atoms with E-state index in [1.807, 2.05) is 34.0 Å². The molecule has 9 heterocycles. The fourth-order valence-corrected chi connectivity index (χ4v) is 26.1. The molecule has 658 valence electrons. The van der Waals surface area contributed by atoms with Crippen LogP contribution in [0, 0.1) is 0 Å². The summed E-state index contributed by atoms with van der Waals surface area (Å²) in [7, 11) is 0. The molecule has 141 heavy (non-hydrogen) atoms. The largest absolute Gasteiger partial charge is 0.309 e. The first-order valence-electron chi connectivity index (χ1n) is 48.1. The quantitative estimate of drug-likeness (QED) is 0.131. The van der Waals surface area contributed by atoms with Gasteiger partial charge in [0.05, 0.1) is 71.9 Å². The van der Waals surface area contributed by atoms with Crippen LogP contribution in [0.3, 0.4) is 0 Å². The highest BCUT2D eigenvalue weighted by Crippen LogP contribution is 2.48. The molecule has 31 aromatic rings. The average molecular weight is 1850 g/mol. The molecule has 0 N–H and O–H groups in total. The molecule has 31 rings (SSSR count). The molecule has 0 bridgehead atoms. The van der Waals surface area contributed by atoms with Gasteiger partial charge in [0, 0.05) is 159 Å². The molecule has 0 aliphatic carbocycles. The molecular weight excluding hydrogens is 1770 g/mol. The smallest absolute Gasteiger partial charge is 0.0541 e. The molecule has 0 unspecified atom stereocenters. The standard InChI is InChI=1S/C48H30N2S.2C42H26N2S/c1-2-12-31(13-3-1)35-14-4-8-18-42(35)50-44-20-10-6-16-37(44)40-29-33(23-26-46(40)50)32-22-25-45-39(28-32)36-15-5-9-19-43(36)49(45)34-24-27-48-41(30-34)38-17-7-11-21-47(38)51-48;1-2-10-29(11-3-1)43-37-15-7-4-12-31(37)35-24-27(18-22-39(35)43)28-19-23-40-36(25-28)32-13-5-8-16-38(32)44(40)30-20-21-34-33-14-6-9-17-41(33)45-42(34)26-30;1-2-10-29(11-3-1)43-37-15-7-4-12-31(37)34-24-27(18-21-39(34)43)28-19-22-40-35(25-28)32-13-5-8-16-38(32)44(40)30-20-23-42-36(26-30)33-14-6-9-17-41(33)45-42/h1-30H;2*1-26H. The van der Waals surface area contributed by atoms with Crippen molar-refractivity contribution in [2.45, 2.75) is 0 Å². The van der Waals surface area contributed by atoms with Crippen LogP contribution >= 0.6 is 34.0 Å². The highest BCUT2D eigenvalue weighted by molar-refractivity contribution is 7.26. The third-order valence-corrected chi connectivity index (χ3v) is 32.6. The van der Waals surface area contributed by atoms with Crippen LogP contribution in [0.25, 0.3) is 270 Å². The second kappa shape index (κ2) is 32.5. The first-order valence-corrected chi connectivity index (χ1v) is 50.6. The molecule has 0 amide bonds. The zero-order chi connectivity index (χ0) is 92.4. The maximum atomic E-state index is 2.43. The number of thiophene rings is 3. The lowest BCUT2D eigenvalue weighted by Crippen LogP contribution is -1.97. The van der Waals surface area contributed by atoms with Crippen molar-refractivity contribution in [2.24, 2.45) is 0 Å². The molecule has 22 aromatic carbocycles. The van der Waals surface area contributed by atoms with Crippen molar-refractivity contribution in [1.82, 2.24) is 27.4 Å². The maximum absolute atomic E-state index is 2.43. The van der Waals surface area contributed by atoms with Gasteiger partial charge in [-0.1, -0.05) is 291 Å². The van der Waals surface area contributed by atoms with Gasteiger partial charge in [-0.2, -0.15) is 0 Å².